The largest absolute Gasteiger partial charge is 0.377 e. The number of hydrogen-bond donors (Lipinski definition) is 1. The molecular formula is C22H25N3O5. The molecule has 0 radical (unpaired) electrons. The monoisotopic (exact) mass is 411 g/mol. The van der Waals surface area contributed by atoms with Gasteiger partial charge < -0.3 is 15.0 Å². The molecule has 3 rings (SSSR count). The molecule has 158 valence electrons. The Morgan fingerprint density at radius 1 is 1.27 bits per heavy atom. The summed E-state index contributed by atoms with van der Waals surface area (Å²) in [6.45, 7) is 5.06. The predicted molar refractivity (Wildman–Crippen MR) is 112 cm³/mol. The normalized spacial score (nSPS) is 15.8. The second kappa shape index (κ2) is 9.49. The number of rotatable bonds is 7. The zero-order valence-corrected chi connectivity index (χ0v) is 17.1. The van der Waals surface area contributed by atoms with Crippen molar-refractivity contribution in [2.24, 2.45) is 0 Å². The Bertz CT molecular complexity index is 960. The Kier molecular flexibility index (Phi) is 6.79. The molecule has 1 heterocycles. The third-order valence-electron chi connectivity index (χ3n) is 5.12. The summed E-state index contributed by atoms with van der Waals surface area (Å²) in [6.07, 6.45) is 1.29. The van der Waals surface area contributed by atoms with Gasteiger partial charge in [0, 0.05) is 36.0 Å². The molecule has 0 spiro atoms. The molecule has 1 unspecified atom stereocenters. The van der Waals surface area contributed by atoms with E-state index in [0.717, 1.165) is 12.0 Å². The molecule has 30 heavy (non-hydrogen) atoms. The lowest BCUT2D eigenvalue weighted by molar-refractivity contribution is -0.385. The van der Waals surface area contributed by atoms with Crippen LogP contribution in [0.15, 0.2) is 42.5 Å². The molecule has 1 saturated heterocycles. The van der Waals surface area contributed by atoms with Gasteiger partial charge in [-0.2, -0.15) is 0 Å². The maximum Gasteiger partial charge on any atom is 0.272 e. The van der Waals surface area contributed by atoms with Crippen molar-refractivity contribution < 1.29 is 19.2 Å². The van der Waals surface area contributed by atoms with Gasteiger partial charge in [-0.05, 0) is 56.5 Å². The van der Waals surface area contributed by atoms with Gasteiger partial charge in [0.2, 0.25) is 5.91 Å². The second-order valence-corrected chi connectivity index (χ2v) is 7.24. The quantitative estimate of drug-likeness (QED) is 0.553. The highest BCUT2D eigenvalue weighted by molar-refractivity contribution is 6.01. The van der Waals surface area contributed by atoms with E-state index in [9.17, 15) is 19.7 Å². The minimum Gasteiger partial charge on any atom is -0.377 e. The van der Waals surface area contributed by atoms with Crippen LogP contribution < -0.4 is 5.32 Å². The van der Waals surface area contributed by atoms with Crippen LogP contribution in [0.2, 0.25) is 0 Å². The minimum absolute atomic E-state index is 0.0331. The highest BCUT2D eigenvalue weighted by atomic mass is 16.6. The smallest absolute Gasteiger partial charge is 0.272 e. The lowest BCUT2D eigenvalue weighted by Crippen LogP contribution is -2.43. The molecular weight excluding hydrogens is 386 g/mol. The van der Waals surface area contributed by atoms with Gasteiger partial charge in [-0.1, -0.05) is 12.1 Å². The lowest BCUT2D eigenvalue weighted by Gasteiger charge is -2.24. The van der Waals surface area contributed by atoms with Crippen LogP contribution in [0.4, 0.5) is 11.4 Å². The number of benzene rings is 2. The highest BCUT2D eigenvalue weighted by Gasteiger charge is 2.35. The zero-order chi connectivity index (χ0) is 21.7. The van der Waals surface area contributed by atoms with Crippen molar-refractivity contribution in [2.45, 2.75) is 39.3 Å². The molecule has 1 aliphatic rings. The number of nitro benzene ring substituents is 1. The number of nitrogens with one attached hydrogen (secondary N) is 1. The summed E-state index contributed by atoms with van der Waals surface area (Å²) >= 11 is 0. The Labute approximate surface area is 175 Å². The first-order valence-corrected chi connectivity index (χ1v) is 9.94. The second-order valence-electron chi connectivity index (χ2n) is 7.24. The number of anilines is 1. The summed E-state index contributed by atoms with van der Waals surface area (Å²) in [5, 5.41) is 13.9. The first-order chi connectivity index (χ1) is 14.4. The number of carbonyl (C=O) groups is 2. The summed E-state index contributed by atoms with van der Waals surface area (Å²) in [5.74, 6) is -0.538. The Hall–Kier alpha value is -3.26. The topological polar surface area (TPSA) is 102 Å². The van der Waals surface area contributed by atoms with Crippen LogP contribution in [0.3, 0.4) is 0 Å². The number of carbonyl (C=O) groups excluding carboxylic acids is 2. The molecule has 2 aromatic rings. The minimum atomic E-state index is -0.580. The summed E-state index contributed by atoms with van der Waals surface area (Å²) in [5.41, 5.74) is 2.33. The van der Waals surface area contributed by atoms with E-state index in [1.54, 1.807) is 17.9 Å². The maximum atomic E-state index is 13.0. The van der Waals surface area contributed by atoms with Gasteiger partial charge in [0.25, 0.3) is 11.6 Å². The van der Waals surface area contributed by atoms with Crippen LogP contribution >= 0.6 is 0 Å². The Morgan fingerprint density at radius 2 is 2.07 bits per heavy atom. The fraction of sp³-hybridized carbons (Fsp3) is 0.364. The SMILES string of the molecule is CCOCc1cccc(NC(=O)C2CCCN2C(=O)c2ccc([N+](=O)[O-])c(C)c2)c1. The van der Waals surface area contributed by atoms with Crippen molar-refractivity contribution in [2.75, 3.05) is 18.5 Å². The van der Waals surface area contributed by atoms with Crippen molar-refractivity contribution >= 4 is 23.2 Å². The van der Waals surface area contributed by atoms with Crippen molar-refractivity contribution in [3.05, 3.63) is 69.3 Å². The van der Waals surface area contributed by atoms with Gasteiger partial charge in [-0.15, -0.1) is 0 Å². The maximum absolute atomic E-state index is 13.0. The fourth-order valence-electron chi connectivity index (χ4n) is 3.63. The van der Waals surface area contributed by atoms with E-state index >= 15 is 0 Å². The number of aryl methyl sites for hydroxylation is 1. The zero-order valence-electron chi connectivity index (χ0n) is 17.1. The molecule has 0 aromatic heterocycles. The number of amides is 2. The number of likely N-dealkylation sites (tertiary alicyclic amines) is 1. The van der Waals surface area contributed by atoms with Gasteiger partial charge in [-0.3, -0.25) is 19.7 Å². The average Bonchev–Trinajstić information content (AvgIpc) is 3.21. The summed E-state index contributed by atoms with van der Waals surface area (Å²) in [7, 11) is 0. The van der Waals surface area contributed by atoms with Crippen LogP contribution in [0.1, 0.15) is 41.3 Å². The third kappa shape index (κ3) is 4.83. The number of ether oxygens (including phenoxy) is 1. The van der Waals surface area contributed by atoms with E-state index in [0.29, 0.717) is 43.0 Å². The van der Waals surface area contributed by atoms with E-state index in [2.05, 4.69) is 5.32 Å². The van der Waals surface area contributed by atoms with Crippen LogP contribution in [-0.2, 0) is 16.1 Å². The van der Waals surface area contributed by atoms with Crippen LogP contribution in [-0.4, -0.2) is 40.8 Å². The molecule has 0 aliphatic carbocycles. The fourth-order valence-corrected chi connectivity index (χ4v) is 3.63. The first-order valence-electron chi connectivity index (χ1n) is 9.94. The molecule has 1 N–H and O–H groups in total. The highest BCUT2D eigenvalue weighted by Crippen LogP contribution is 2.25. The molecule has 1 aliphatic heterocycles. The van der Waals surface area contributed by atoms with Crippen molar-refractivity contribution in [3.8, 4) is 0 Å². The van der Waals surface area contributed by atoms with Crippen molar-refractivity contribution in [1.82, 2.24) is 4.90 Å². The molecule has 8 nitrogen and oxygen atoms in total. The van der Waals surface area contributed by atoms with E-state index in [1.165, 1.54) is 18.2 Å². The molecule has 1 fully saturated rings. The molecule has 8 heteroatoms. The molecule has 2 amide bonds. The summed E-state index contributed by atoms with van der Waals surface area (Å²) in [6, 6.07) is 11.1. The van der Waals surface area contributed by atoms with Crippen LogP contribution in [0.5, 0.6) is 0 Å². The van der Waals surface area contributed by atoms with Gasteiger partial charge in [0.05, 0.1) is 11.5 Å². The van der Waals surface area contributed by atoms with E-state index < -0.39 is 11.0 Å². The first kappa shape index (κ1) is 21.4. The number of nitrogens with zero attached hydrogens (tertiary/aromatic N) is 2. The molecule has 1 atom stereocenters. The van der Waals surface area contributed by atoms with Crippen LogP contribution in [0.25, 0.3) is 0 Å². The summed E-state index contributed by atoms with van der Waals surface area (Å²) < 4.78 is 5.40. The van der Waals surface area contributed by atoms with E-state index in [1.807, 2.05) is 25.1 Å². The standard InChI is InChI=1S/C22H25N3O5/c1-3-30-14-16-6-4-7-18(13-16)23-21(26)20-8-5-11-24(20)22(27)17-9-10-19(25(28)29)15(2)12-17/h4,6-7,9-10,12-13,20H,3,5,8,11,14H2,1-2H3,(H,23,26). The van der Waals surface area contributed by atoms with Crippen molar-refractivity contribution in [1.29, 1.82) is 0 Å². The van der Waals surface area contributed by atoms with Gasteiger partial charge in [0.15, 0.2) is 0 Å². The predicted octanol–water partition coefficient (Wildman–Crippen LogP) is 3.68. The van der Waals surface area contributed by atoms with Crippen LogP contribution in [0, 0.1) is 17.0 Å². The Balaban J connectivity index is 1.72. The van der Waals surface area contributed by atoms with Gasteiger partial charge in [0.1, 0.15) is 6.04 Å². The Morgan fingerprint density at radius 3 is 2.77 bits per heavy atom. The molecule has 0 bridgehead atoms. The molecule has 0 saturated carbocycles. The van der Waals surface area contributed by atoms with Crippen molar-refractivity contribution in [3.63, 3.8) is 0 Å². The van der Waals surface area contributed by atoms with Gasteiger partial charge >= 0.3 is 0 Å². The lowest BCUT2D eigenvalue weighted by atomic mass is 10.1. The average molecular weight is 411 g/mol. The van der Waals surface area contributed by atoms with E-state index in [4.69, 9.17) is 4.74 Å². The van der Waals surface area contributed by atoms with E-state index in [-0.39, 0.29) is 17.5 Å². The third-order valence-corrected chi connectivity index (χ3v) is 5.12. The summed E-state index contributed by atoms with van der Waals surface area (Å²) in [4.78, 5) is 37.9. The number of hydrogen-bond acceptors (Lipinski definition) is 5. The molecule has 2 aromatic carbocycles. The van der Waals surface area contributed by atoms with Gasteiger partial charge in [-0.25, -0.2) is 0 Å². The number of nitro groups is 1.